The molecule has 0 atom stereocenters. The smallest absolute Gasteiger partial charge is 0.164 e. The van der Waals surface area contributed by atoms with E-state index in [9.17, 15) is 0 Å². The lowest BCUT2D eigenvalue weighted by Crippen LogP contribution is -2.08. The quantitative estimate of drug-likeness (QED) is 0.566. The van der Waals surface area contributed by atoms with Gasteiger partial charge in [0.05, 0.1) is 13.7 Å². The topological polar surface area (TPSA) is 53.7 Å². The molecule has 0 heterocycles. The van der Waals surface area contributed by atoms with Crippen LogP contribution in [0, 0.1) is 0 Å². The molecule has 0 amide bonds. The Morgan fingerprint density at radius 2 is 2.06 bits per heavy atom. The molecule has 0 unspecified atom stereocenters. The van der Waals surface area contributed by atoms with Gasteiger partial charge in [0.15, 0.2) is 11.5 Å². The number of rotatable bonds is 8. The van der Waals surface area contributed by atoms with Gasteiger partial charge >= 0.3 is 0 Å². The standard InChI is InChI=1S/C14H21NO3/c1-4-5-12-8-11(10-15)9-13(17-3)14(12)18-7-6-16-2/h4,8-9H,1,5-7,10,15H2,2-3H3. The van der Waals surface area contributed by atoms with E-state index in [0.717, 1.165) is 16.9 Å². The predicted octanol–water partition coefficient (Wildman–Crippen LogP) is 1.91. The summed E-state index contributed by atoms with van der Waals surface area (Å²) in [4.78, 5) is 0. The van der Waals surface area contributed by atoms with Crippen molar-refractivity contribution in [3.05, 3.63) is 35.9 Å². The van der Waals surface area contributed by atoms with Crippen molar-refractivity contribution in [3.63, 3.8) is 0 Å². The Kier molecular flexibility index (Phi) is 6.25. The van der Waals surface area contributed by atoms with E-state index in [-0.39, 0.29) is 0 Å². The predicted molar refractivity (Wildman–Crippen MR) is 72.2 cm³/mol. The van der Waals surface area contributed by atoms with Crippen LogP contribution in [0.4, 0.5) is 0 Å². The zero-order valence-corrected chi connectivity index (χ0v) is 11.1. The van der Waals surface area contributed by atoms with Crippen LogP contribution in [0.25, 0.3) is 0 Å². The van der Waals surface area contributed by atoms with Crippen molar-refractivity contribution >= 4 is 0 Å². The molecular formula is C14H21NO3. The van der Waals surface area contributed by atoms with Gasteiger partial charge in [0, 0.05) is 19.2 Å². The summed E-state index contributed by atoms with van der Waals surface area (Å²) in [6, 6.07) is 3.92. The van der Waals surface area contributed by atoms with E-state index < -0.39 is 0 Å². The first-order valence-corrected chi connectivity index (χ1v) is 5.89. The van der Waals surface area contributed by atoms with Gasteiger partial charge in [-0.15, -0.1) is 6.58 Å². The first-order valence-electron chi connectivity index (χ1n) is 5.89. The van der Waals surface area contributed by atoms with Gasteiger partial charge in [-0.25, -0.2) is 0 Å². The van der Waals surface area contributed by atoms with Crippen molar-refractivity contribution in [2.75, 3.05) is 27.4 Å². The molecule has 1 rings (SSSR count). The summed E-state index contributed by atoms with van der Waals surface area (Å²) in [7, 11) is 3.26. The number of hydrogen-bond acceptors (Lipinski definition) is 4. The van der Waals surface area contributed by atoms with Gasteiger partial charge in [-0.1, -0.05) is 12.1 Å². The molecule has 0 aliphatic heterocycles. The minimum Gasteiger partial charge on any atom is -0.493 e. The Labute approximate surface area is 108 Å². The second-order valence-corrected chi connectivity index (χ2v) is 3.82. The zero-order valence-electron chi connectivity index (χ0n) is 11.1. The maximum absolute atomic E-state index is 5.71. The van der Waals surface area contributed by atoms with E-state index in [1.807, 2.05) is 18.2 Å². The molecule has 0 aliphatic carbocycles. The first-order chi connectivity index (χ1) is 8.76. The van der Waals surface area contributed by atoms with E-state index >= 15 is 0 Å². The van der Waals surface area contributed by atoms with Crippen LogP contribution in [-0.2, 0) is 17.7 Å². The fourth-order valence-electron chi connectivity index (χ4n) is 1.69. The van der Waals surface area contributed by atoms with Crippen LogP contribution >= 0.6 is 0 Å². The molecule has 0 fully saturated rings. The van der Waals surface area contributed by atoms with Crippen LogP contribution in [0.3, 0.4) is 0 Å². The van der Waals surface area contributed by atoms with E-state index in [1.165, 1.54) is 0 Å². The normalized spacial score (nSPS) is 10.2. The number of benzene rings is 1. The Morgan fingerprint density at radius 1 is 1.28 bits per heavy atom. The van der Waals surface area contributed by atoms with Crippen molar-refractivity contribution in [1.82, 2.24) is 0 Å². The lowest BCUT2D eigenvalue weighted by Gasteiger charge is -2.16. The Hall–Kier alpha value is -1.52. The van der Waals surface area contributed by atoms with Crippen molar-refractivity contribution in [3.8, 4) is 11.5 Å². The molecule has 0 saturated carbocycles. The molecule has 100 valence electrons. The fourth-order valence-corrected chi connectivity index (χ4v) is 1.69. The average Bonchev–Trinajstić information content (AvgIpc) is 2.40. The van der Waals surface area contributed by atoms with Crippen LogP contribution in [0.2, 0.25) is 0 Å². The summed E-state index contributed by atoms with van der Waals surface area (Å²) in [5.74, 6) is 1.44. The Balaban J connectivity index is 3.04. The van der Waals surface area contributed by atoms with Gasteiger partial charge in [-0.05, 0) is 18.1 Å². The molecule has 0 radical (unpaired) electrons. The lowest BCUT2D eigenvalue weighted by atomic mass is 10.1. The third-order valence-electron chi connectivity index (χ3n) is 2.55. The van der Waals surface area contributed by atoms with Crippen LogP contribution in [0.5, 0.6) is 11.5 Å². The van der Waals surface area contributed by atoms with Crippen LogP contribution in [0.15, 0.2) is 24.8 Å². The van der Waals surface area contributed by atoms with Gasteiger partial charge in [0.25, 0.3) is 0 Å². The van der Waals surface area contributed by atoms with E-state index in [4.69, 9.17) is 19.9 Å². The number of ether oxygens (including phenoxy) is 3. The molecule has 0 saturated heterocycles. The van der Waals surface area contributed by atoms with Crippen LogP contribution in [-0.4, -0.2) is 27.4 Å². The van der Waals surface area contributed by atoms with Gasteiger partial charge in [-0.3, -0.25) is 0 Å². The summed E-state index contributed by atoms with van der Waals surface area (Å²) >= 11 is 0. The lowest BCUT2D eigenvalue weighted by molar-refractivity contribution is 0.143. The second-order valence-electron chi connectivity index (χ2n) is 3.82. The number of nitrogens with two attached hydrogens (primary N) is 1. The number of allylic oxidation sites excluding steroid dienone is 1. The van der Waals surface area contributed by atoms with Gasteiger partial charge in [0.1, 0.15) is 6.61 Å². The van der Waals surface area contributed by atoms with E-state index in [1.54, 1.807) is 14.2 Å². The summed E-state index contributed by atoms with van der Waals surface area (Å²) in [5, 5.41) is 0. The monoisotopic (exact) mass is 251 g/mol. The van der Waals surface area contributed by atoms with Gasteiger partial charge < -0.3 is 19.9 Å². The highest BCUT2D eigenvalue weighted by Gasteiger charge is 2.12. The molecule has 2 N–H and O–H groups in total. The highest BCUT2D eigenvalue weighted by molar-refractivity contribution is 5.50. The maximum Gasteiger partial charge on any atom is 0.164 e. The van der Waals surface area contributed by atoms with Crippen molar-refractivity contribution < 1.29 is 14.2 Å². The van der Waals surface area contributed by atoms with Crippen molar-refractivity contribution in [2.45, 2.75) is 13.0 Å². The van der Waals surface area contributed by atoms with Crippen molar-refractivity contribution in [1.29, 1.82) is 0 Å². The fraction of sp³-hybridized carbons (Fsp3) is 0.429. The molecule has 0 aliphatic rings. The molecule has 1 aromatic rings. The van der Waals surface area contributed by atoms with Gasteiger partial charge in [0.2, 0.25) is 0 Å². The second kappa shape index (κ2) is 7.74. The molecule has 4 heteroatoms. The molecule has 18 heavy (non-hydrogen) atoms. The molecule has 1 aromatic carbocycles. The molecule has 0 aromatic heterocycles. The molecular weight excluding hydrogens is 230 g/mol. The zero-order chi connectivity index (χ0) is 13.4. The van der Waals surface area contributed by atoms with Crippen LogP contribution < -0.4 is 15.2 Å². The largest absolute Gasteiger partial charge is 0.493 e. The third kappa shape index (κ3) is 3.75. The SMILES string of the molecule is C=CCc1cc(CN)cc(OC)c1OCCOC. The third-order valence-corrected chi connectivity index (χ3v) is 2.55. The Morgan fingerprint density at radius 3 is 2.61 bits per heavy atom. The molecule has 4 nitrogen and oxygen atoms in total. The average molecular weight is 251 g/mol. The van der Waals surface area contributed by atoms with Gasteiger partial charge in [-0.2, -0.15) is 0 Å². The van der Waals surface area contributed by atoms with E-state index in [2.05, 4.69) is 6.58 Å². The highest BCUT2D eigenvalue weighted by Crippen LogP contribution is 2.33. The van der Waals surface area contributed by atoms with Crippen LogP contribution in [0.1, 0.15) is 11.1 Å². The Bertz CT molecular complexity index is 391. The molecule has 0 spiro atoms. The summed E-state index contributed by atoms with van der Waals surface area (Å²) in [6.07, 6.45) is 2.55. The maximum atomic E-state index is 5.71. The van der Waals surface area contributed by atoms with Crippen molar-refractivity contribution in [2.24, 2.45) is 5.73 Å². The number of methoxy groups -OCH3 is 2. The summed E-state index contributed by atoms with van der Waals surface area (Å²) in [6.45, 7) is 5.25. The minimum atomic E-state index is 0.471. The summed E-state index contributed by atoms with van der Waals surface area (Å²) in [5.41, 5.74) is 7.71. The summed E-state index contributed by atoms with van der Waals surface area (Å²) < 4.78 is 16.0. The minimum absolute atomic E-state index is 0.471. The highest BCUT2D eigenvalue weighted by atomic mass is 16.5. The molecule has 0 bridgehead atoms. The van der Waals surface area contributed by atoms with E-state index in [0.29, 0.717) is 31.9 Å². The first kappa shape index (κ1) is 14.5. The number of hydrogen-bond donors (Lipinski definition) is 1.